The highest BCUT2D eigenvalue weighted by Crippen LogP contribution is 2.32. The van der Waals surface area contributed by atoms with Crippen molar-refractivity contribution >= 4 is 17.0 Å². The van der Waals surface area contributed by atoms with E-state index in [9.17, 15) is 22.7 Å². The number of aliphatic hydroxyl groups is 1. The Morgan fingerprint density at radius 1 is 1.27 bits per heavy atom. The van der Waals surface area contributed by atoms with Crippen molar-refractivity contribution in [1.29, 1.82) is 0 Å². The van der Waals surface area contributed by atoms with Gasteiger partial charge in [-0.15, -0.1) is 5.10 Å². The lowest BCUT2D eigenvalue weighted by molar-refractivity contribution is -0.0686. The van der Waals surface area contributed by atoms with Crippen LogP contribution in [0.3, 0.4) is 0 Å². The van der Waals surface area contributed by atoms with Crippen molar-refractivity contribution in [3.8, 4) is 11.4 Å². The third-order valence-corrected chi connectivity index (χ3v) is 4.83. The van der Waals surface area contributed by atoms with Gasteiger partial charge in [-0.2, -0.15) is 13.2 Å². The fraction of sp³-hybridized carbons (Fsp3) is 0.316. The van der Waals surface area contributed by atoms with Crippen molar-refractivity contribution in [2.24, 2.45) is 0 Å². The van der Waals surface area contributed by atoms with Crippen molar-refractivity contribution in [2.75, 3.05) is 18.5 Å². The van der Waals surface area contributed by atoms with Gasteiger partial charge >= 0.3 is 6.18 Å². The van der Waals surface area contributed by atoms with E-state index in [4.69, 9.17) is 4.74 Å². The number of hydrogen-bond donors (Lipinski definition) is 2. The first-order valence-corrected chi connectivity index (χ1v) is 9.03. The highest BCUT2D eigenvalue weighted by atomic mass is 19.4. The number of halogens is 4. The van der Waals surface area contributed by atoms with Crippen LogP contribution in [-0.2, 0) is 4.74 Å². The van der Waals surface area contributed by atoms with Gasteiger partial charge in [-0.3, -0.25) is 4.98 Å². The minimum atomic E-state index is -4.57. The summed E-state index contributed by atoms with van der Waals surface area (Å²) in [6, 6.07) is 3.40. The molecule has 0 aromatic carbocycles. The fourth-order valence-corrected chi connectivity index (χ4v) is 3.15. The Bertz CT molecular complexity index is 1080. The van der Waals surface area contributed by atoms with E-state index in [1.165, 1.54) is 28.9 Å². The van der Waals surface area contributed by atoms with Crippen LogP contribution in [0, 0.1) is 5.82 Å². The number of ether oxygens (including phenoxy) is 1. The third-order valence-electron chi connectivity index (χ3n) is 4.83. The number of nitrogens with one attached hydrogen (secondary N) is 1. The van der Waals surface area contributed by atoms with Crippen LogP contribution >= 0.6 is 0 Å². The van der Waals surface area contributed by atoms with Gasteiger partial charge in [0.2, 0.25) is 5.95 Å². The van der Waals surface area contributed by atoms with E-state index in [1.807, 2.05) is 0 Å². The molecule has 30 heavy (non-hydrogen) atoms. The molecule has 0 unspecified atom stereocenters. The molecule has 0 aliphatic carbocycles. The molecule has 158 valence electrons. The maximum Gasteiger partial charge on any atom is 0.416 e. The molecule has 1 fully saturated rings. The zero-order valence-electron chi connectivity index (χ0n) is 15.5. The zero-order valence-corrected chi connectivity index (χ0v) is 15.5. The van der Waals surface area contributed by atoms with E-state index in [-0.39, 0.29) is 41.1 Å². The lowest BCUT2D eigenvalue weighted by Gasteiger charge is -2.28. The molecule has 0 radical (unpaired) electrons. The number of rotatable bonds is 4. The Kier molecular flexibility index (Phi) is 5.16. The van der Waals surface area contributed by atoms with Gasteiger partial charge in [-0.05, 0) is 12.5 Å². The smallest absolute Gasteiger partial charge is 0.389 e. The molecular weight excluding hydrogens is 406 g/mol. The van der Waals surface area contributed by atoms with Gasteiger partial charge in [0.15, 0.2) is 5.82 Å². The van der Waals surface area contributed by atoms with E-state index in [0.29, 0.717) is 13.0 Å². The number of alkyl halides is 3. The monoisotopic (exact) mass is 423 g/mol. The highest BCUT2D eigenvalue weighted by molar-refractivity contribution is 5.70. The van der Waals surface area contributed by atoms with Crippen LogP contribution in [-0.4, -0.2) is 56.2 Å². The molecule has 11 heteroatoms. The Hall–Kier alpha value is -3.05. The number of hydrogen-bond acceptors (Lipinski definition) is 6. The highest BCUT2D eigenvalue weighted by Gasteiger charge is 2.33. The number of fused-ring (bicyclic) bond motifs is 1. The lowest BCUT2D eigenvalue weighted by Crippen LogP contribution is -2.42. The second kappa shape index (κ2) is 7.65. The maximum atomic E-state index is 14.3. The molecule has 2 atom stereocenters. The Balaban J connectivity index is 1.66. The molecule has 4 rings (SSSR count). The Morgan fingerprint density at radius 3 is 2.73 bits per heavy atom. The number of nitrogens with zero attached hydrogens (tertiary/aromatic N) is 4. The molecule has 1 aliphatic heterocycles. The second-order valence-corrected chi connectivity index (χ2v) is 6.85. The van der Waals surface area contributed by atoms with E-state index in [0.717, 1.165) is 6.20 Å². The molecule has 3 aromatic rings. The van der Waals surface area contributed by atoms with Gasteiger partial charge in [0.05, 0.1) is 41.9 Å². The van der Waals surface area contributed by atoms with Gasteiger partial charge < -0.3 is 15.2 Å². The first kappa shape index (κ1) is 20.2. The summed E-state index contributed by atoms with van der Waals surface area (Å²) in [5.74, 6) is -0.444. The summed E-state index contributed by atoms with van der Waals surface area (Å²) in [7, 11) is 0. The van der Waals surface area contributed by atoms with E-state index < -0.39 is 23.7 Å². The second-order valence-electron chi connectivity index (χ2n) is 6.85. The largest absolute Gasteiger partial charge is 0.416 e. The van der Waals surface area contributed by atoms with Crippen LogP contribution in [0.25, 0.3) is 22.5 Å². The van der Waals surface area contributed by atoms with Crippen LogP contribution in [0.1, 0.15) is 12.0 Å². The molecule has 7 nitrogen and oxygen atoms in total. The van der Waals surface area contributed by atoms with Crippen molar-refractivity contribution in [3.63, 3.8) is 0 Å². The minimum Gasteiger partial charge on any atom is -0.389 e. The van der Waals surface area contributed by atoms with Crippen LogP contribution in [0.4, 0.5) is 23.5 Å². The molecule has 1 aliphatic rings. The fourth-order valence-electron chi connectivity index (χ4n) is 3.15. The molecule has 0 spiro atoms. The average Bonchev–Trinajstić information content (AvgIpc) is 3.04. The topological polar surface area (TPSA) is 84.6 Å². The van der Waals surface area contributed by atoms with E-state index in [2.05, 4.69) is 27.0 Å². The summed E-state index contributed by atoms with van der Waals surface area (Å²) < 4.78 is 59.2. The van der Waals surface area contributed by atoms with Gasteiger partial charge in [-0.25, -0.2) is 13.9 Å². The predicted molar refractivity (Wildman–Crippen MR) is 100 cm³/mol. The molecule has 1 saturated heterocycles. The first-order chi connectivity index (χ1) is 14.2. The van der Waals surface area contributed by atoms with Crippen molar-refractivity contribution < 1.29 is 27.4 Å². The molecule has 3 aromatic heterocycles. The molecule has 4 heterocycles. The number of pyridine rings is 1. The minimum absolute atomic E-state index is 0.0775. The summed E-state index contributed by atoms with van der Waals surface area (Å²) >= 11 is 0. The number of allylic oxidation sites excluding steroid dienone is 1. The molecule has 2 N–H and O–H groups in total. The standard InChI is InChI=1S/C19H17F4N5O2/c1-10(19(21,22)23)11-2-3-13(24-7-11)15-6-12(20)16-8-25-18(27-28(15)16)26-14-4-5-30-9-17(14)29/h2-3,6-8,14,17,29H,1,4-5,9H2,(H,26,27)/t14-,17-/m1/s1. The van der Waals surface area contributed by atoms with Crippen molar-refractivity contribution in [3.05, 3.63) is 48.6 Å². The van der Waals surface area contributed by atoms with Crippen LogP contribution < -0.4 is 5.32 Å². The normalized spacial score (nSPS) is 19.8. The van der Waals surface area contributed by atoms with Gasteiger partial charge in [-0.1, -0.05) is 12.6 Å². The summed E-state index contributed by atoms with van der Waals surface area (Å²) in [6.07, 6.45) is -2.46. The number of anilines is 1. The molecule has 0 amide bonds. The first-order valence-electron chi connectivity index (χ1n) is 9.03. The summed E-state index contributed by atoms with van der Waals surface area (Å²) in [4.78, 5) is 8.09. The van der Waals surface area contributed by atoms with Crippen LogP contribution in [0.5, 0.6) is 0 Å². The van der Waals surface area contributed by atoms with Crippen molar-refractivity contribution in [1.82, 2.24) is 19.6 Å². The Labute approximate surface area is 168 Å². The quantitative estimate of drug-likeness (QED) is 0.628. The van der Waals surface area contributed by atoms with E-state index >= 15 is 0 Å². The van der Waals surface area contributed by atoms with Crippen LogP contribution in [0.15, 0.2) is 37.2 Å². The molecule has 0 bridgehead atoms. The van der Waals surface area contributed by atoms with Crippen molar-refractivity contribution in [2.45, 2.75) is 24.7 Å². The average molecular weight is 423 g/mol. The summed E-state index contributed by atoms with van der Waals surface area (Å²) in [5.41, 5.74) is -0.656. The molecular formula is C19H17F4N5O2. The van der Waals surface area contributed by atoms with Gasteiger partial charge in [0.1, 0.15) is 5.52 Å². The van der Waals surface area contributed by atoms with Gasteiger partial charge in [0.25, 0.3) is 0 Å². The zero-order chi connectivity index (χ0) is 21.5. The summed E-state index contributed by atoms with van der Waals surface area (Å²) in [5, 5.41) is 17.3. The third kappa shape index (κ3) is 3.85. The van der Waals surface area contributed by atoms with E-state index in [1.54, 1.807) is 0 Å². The molecule has 0 saturated carbocycles. The SMILES string of the molecule is C=C(c1ccc(-c2cc(F)c3cnc(N[C@@H]4CCOC[C@H]4O)nn23)nc1)C(F)(F)F. The summed E-state index contributed by atoms with van der Waals surface area (Å²) in [6.45, 7) is 3.69. The van der Waals surface area contributed by atoms with Gasteiger partial charge in [0, 0.05) is 24.4 Å². The predicted octanol–water partition coefficient (Wildman–Crippen LogP) is 3.07. The van der Waals surface area contributed by atoms with Crippen LogP contribution in [0.2, 0.25) is 0 Å². The number of aliphatic hydroxyl groups excluding tert-OH is 1. The maximum absolute atomic E-state index is 14.3. The lowest BCUT2D eigenvalue weighted by atomic mass is 10.1. The number of aromatic nitrogens is 4. The Morgan fingerprint density at radius 2 is 2.07 bits per heavy atom.